The molecular weight excluding hydrogens is 310 g/mol. The minimum Gasteiger partial charge on any atom is -0.469 e. The summed E-state index contributed by atoms with van der Waals surface area (Å²) < 4.78 is 10.0. The highest BCUT2D eigenvalue weighted by Gasteiger charge is 2.23. The SMILES string of the molecule is COC(=O)C(CN)c1c[nH]c2cc(NC(=O)OC(C)(C)C)ccc12. The Labute approximate surface area is 140 Å². The molecule has 1 atom stereocenters. The number of rotatable bonds is 4. The third-order valence-corrected chi connectivity index (χ3v) is 3.46. The molecule has 1 aromatic carbocycles. The molecule has 0 saturated heterocycles. The fourth-order valence-corrected chi connectivity index (χ4v) is 2.43. The summed E-state index contributed by atoms with van der Waals surface area (Å²) in [4.78, 5) is 26.8. The van der Waals surface area contributed by atoms with Crippen LogP contribution in [0, 0.1) is 0 Å². The third-order valence-electron chi connectivity index (χ3n) is 3.46. The largest absolute Gasteiger partial charge is 0.469 e. The molecule has 1 heterocycles. The zero-order valence-electron chi connectivity index (χ0n) is 14.3. The van der Waals surface area contributed by atoms with Crippen LogP contribution in [0.1, 0.15) is 32.3 Å². The van der Waals surface area contributed by atoms with Gasteiger partial charge >= 0.3 is 12.1 Å². The number of aromatic amines is 1. The summed E-state index contributed by atoms with van der Waals surface area (Å²) >= 11 is 0. The Bertz CT molecular complexity index is 746. The van der Waals surface area contributed by atoms with Crippen LogP contribution in [0.15, 0.2) is 24.4 Å². The number of fused-ring (bicyclic) bond motifs is 1. The molecule has 1 unspecified atom stereocenters. The number of amides is 1. The number of benzene rings is 1. The number of hydrogen-bond acceptors (Lipinski definition) is 5. The predicted molar refractivity (Wildman–Crippen MR) is 92.0 cm³/mol. The number of carbonyl (C=O) groups is 2. The lowest BCUT2D eigenvalue weighted by molar-refractivity contribution is -0.142. The quantitative estimate of drug-likeness (QED) is 0.746. The zero-order chi connectivity index (χ0) is 17.9. The number of nitrogens with two attached hydrogens (primary N) is 1. The number of aromatic nitrogens is 1. The van der Waals surface area contributed by atoms with Crippen molar-refractivity contribution in [3.8, 4) is 0 Å². The Morgan fingerprint density at radius 1 is 1.33 bits per heavy atom. The molecule has 2 rings (SSSR count). The lowest BCUT2D eigenvalue weighted by Crippen LogP contribution is -2.27. The Hall–Kier alpha value is -2.54. The molecule has 0 saturated carbocycles. The van der Waals surface area contributed by atoms with Crippen molar-refractivity contribution in [2.75, 3.05) is 19.0 Å². The normalized spacial score (nSPS) is 12.7. The van der Waals surface area contributed by atoms with Gasteiger partial charge in [0.2, 0.25) is 0 Å². The van der Waals surface area contributed by atoms with Crippen molar-refractivity contribution < 1.29 is 19.1 Å². The number of anilines is 1. The van der Waals surface area contributed by atoms with E-state index in [1.54, 1.807) is 39.1 Å². The van der Waals surface area contributed by atoms with E-state index in [4.69, 9.17) is 15.2 Å². The lowest BCUT2D eigenvalue weighted by atomic mass is 9.98. The highest BCUT2D eigenvalue weighted by molar-refractivity contribution is 5.94. The molecule has 24 heavy (non-hydrogen) atoms. The van der Waals surface area contributed by atoms with Crippen LogP contribution in [-0.2, 0) is 14.3 Å². The first-order valence-corrected chi connectivity index (χ1v) is 7.64. The maximum absolute atomic E-state index is 11.8. The maximum atomic E-state index is 11.8. The second-order valence-electron chi connectivity index (χ2n) is 6.44. The summed E-state index contributed by atoms with van der Waals surface area (Å²) in [6.45, 7) is 5.55. The summed E-state index contributed by atoms with van der Waals surface area (Å²) in [6, 6.07) is 5.33. The molecule has 7 nitrogen and oxygen atoms in total. The van der Waals surface area contributed by atoms with Gasteiger partial charge in [-0.15, -0.1) is 0 Å². The molecule has 0 aliphatic rings. The molecule has 4 N–H and O–H groups in total. The highest BCUT2D eigenvalue weighted by Crippen LogP contribution is 2.28. The van der Waals surface area contributed by atoms with Gasteiger partial charge in [0.25, 0.3) is 0 Å². The van der Waals surface area contributed by atoms with Crippen molar-refractivity contribution in [2.24, 2.45) is 5.73 Å². The van der Waals surface area contributed by atoms with Gasteiger partial charge < -0.3 is 20.2 Å². The molecule has 130 valence electrons. The van der Waals surface area contributed by atoms with Crippen molar-refractivity contribution >= 4 is 28.7 Å². The Morgan fingerprint density at radius 2 is 2.04 bits per heavy atom. The first-order valence-electron chi connectivity index (χ1n) is 7.64. The van der Waals surface area contributed by atoms with Gasteiger partial charge in [-0.2, -0.15) is 0 Å². The molecule has 0 radical (unpaired) electrons. The van der Waals surface area contributed by atoms with Gasteiger partial charge in [0, 0.05) is 29.3 Å². The van der Waals surface area contributed by atoms with Crippen LogP contribution < -0.4 is 11.1 Å². The summed E-state index contributed by atoms with van der Waals surface area (Å²) in [5.74, 6) is -0.914. The molecule has 7 heteroatoms. The third kappa shape index (κ3) is 4.05. The van der Waals surface area contributed by atoms with Crippen LogP contribution in [0.25, 0.3) is 10.9 Å². The topological polar surface area (TPSA) is 106 Å². The molecule has 0 aliphatic carbocycles. The average molecular weight is 333 g/mol. The number of carbonyl (C=O) groups excluding carboxylic acids is 2. The summed E-state index contributed by atoms with van der Waals surface area (Å²) in [6.07, 6.45) is 1.21. The average Bonchev–Trinajstić information content (AvgIpc) is 2.89. The van der Waals surface area contributed by atoms with E-state index in [9.17, 15) is 9.59 Å². The molecule has 0 bridgehead atoms. The summed E-state index contributed by atoms with van der Waals surface area (Å²) in [5, 5.41) is 3.53. The zero-order valence-corrected chi connectivity index (χ0v) is 14.3. The smallest absolute Gasteiger partial charge is 0.412 e. The number of nitrogens with one attached hydrogen (secondary N) is 2. The fourth-order valence-electron chi connectivity index (χ4n) is 2.43. The van der Waals surface area contributed by atoms with Crippen LogP contribution in [0.4, 0.5) is 10.5 Å². The Kier molecular flexibility index (Phi) is 5.14. The molecule has 0 fully saturated rings. The second kappa shape index (κ2) is 6.92. The number of ether oxygens (including phenoxy) is 2. The van der Waals surface area contributed by atoms with E-state index in [0.29, 0.717) is 5.69 Å². The van der Waals surface area contributed by atoms with E-state index in [1.807, 2.05) is 6.07 Å². The van der Waals surface area contributed by atoms with Crippen LogP contribution in [0.2, 0.25) is 0 Å². The van der Waals surface area contributed by atoms with Crippen LogP contribution in [0.3, 0.4) is 0 Å². The predicted octanol–water partition coefficient (Wildman–Crippen LogP) is 2.73. The molecule has 1 aromatic heterocycles. The monoisotopic (exact) mass is 333 g/mol. The fraction of sp³-hybridized carbons (Fsp3) is 0.412. The van der Waals surface area contributed by atoms with E-state index in [-0.39, 0.29) is 12.5 Å². The Balaban J connectivity index is 2.25. The maximum Gasteiger partial charge on any atom is 0.412 e. The standard InChI is InChI=1S/C17H23N3O4/c1-17(2,3)24-16(22)20-10-5-6-11-13(9-19-14(11)7-10)12(8-18)15(21)23-4/h5-7,9,12,19H,8,18H2,1-4H3,(H,20,22). The van der Waals surface area contributed by atoms with Gasteiger partial charge in [-0.1, -0.05) is 6.07 Å². The molecule has 0 aliphatic heterocycles. The minimum atomic E-state index is -0.567. The van der Waals surface area contributed by atoms with Crippen molar-refractivity contribution in [1.29, 1.82) is 0 Å². The van der Waals surface area contributed by atoms with Crippen molar-refractivity contribution in [3.05, 3.63) is 30.0 Å². The van der Waals surface area contributed by atoms with Crippen LogP contribution in [0.5, 0.6) is 0 Å². The van der Waals surface area contributed by atoms with Gasteiger partial charge in [-0.25, -0.2) is 4.79 Å². The molecule has 2 aromatic rings. The molecular formula is C17H23N3O4. The Morgan fingerprint density at radius 3 is 2.62 bits per heavy atom. The van der Waals surface area contributed by atoms with E-state index >= 15 is 0 Å². The van der Waals surface area contributed by atoms with Gasteiger partial charge in [0.15, 0.2) is 0 Å². The van der Waals surface area contributed by atoms with Crippen molar-refractivity contribution in [2.45, 2.75) is 32.3 Å². The molecule has 0 spiro atoms. The number of H-pyrrole nitrogens is 1. The number of hydrogen-bond donors (Lipinski definition) is 3. The number of methoxy groups -OCH3 is 1. The van der Waals surface area contributed by atoms with E-state index in [1.165, 1.54) is 7.11 Å². The first-order chi connectivity index (χ1) is 11.2. The lowest BCUT2D eigenvalue weighted by Gasteiger charge is -2.19. The van der Waals surface area contributed by atoms with Crippen LogP contribution >= 0.6 is 0 Å². The van der Waals surface area contributed by atoms with Gasteiger partial charge in [-0.05, 0) is 38.5 Å². The van der Waals surface area contributed by atoms with Crippen LogP contribution in [-0.4, -0.2) is 36.3 Å². The van der Waals surface area contributed by atoms with Gasteiger partial charge in [0.1, 0.15) is 5.60 Å². The second-order valence-corrected chi connectivity index (χ2v) is 6.44. The molecule has 1 amide bonds. The first kappa shape index (κ1) is 17.8. The van der Waals surface area contributed by atoms with Gasteiger partial charge in [0.05, 0.1) is 13.0 Å². The summed E-state index contributed by atoms with van der Waals surface area (Å²) in [7, 11) is 1.34. The highest BCUT2D eigenvalue weighted by atomic mass is 16.6. The number of esters is 1. The van der Waals surface area contributed by atoms with E-state index in [2.05, 4.69) is 10.3 Å². The van der Waals surface area contributed by atoms with E-state index < -0.39 is 17.6 Å². The van der Waals surface area contributed by atoms with E-state index in [0.717, 1.165) is 16.5 Å². The van der Waals surface area contributed by atoms with Crippen molar-refractivity contribution in [1.82, 2.24) is 4.98 Å². The van der Waals surface area contributed by atoms with Crippen molar-refractivity contribution in [3.63, 3.8) is 0 Å². The minimum absolute atomic E-state index is 0.150. The van der Waals surface area contributed by atoms with Gasteiger partial charge in [-0.3, -0.25) is 10.1 Å². The summed E-state index contributed by atoms with van der Waals surface area (Å²) in [5.41, 5.74) is 7.27.